The normalized spacial score (nSPS) is 13.1. The van der Waals surface area contributed by atoms with Gasteiger partial charge in [0.2, 0.25) is 6.79 Å². The van der Waals surface area contributed by atoms with Crippen LogP contribution in [0.1, 0.15) is 54.9 Å². The number of thioether (sulfide) groups is 1. The minimum absolute atomic E-state index is 0.103. The molecular weight excluding hydrogens is 392 g/mol. The van der Waals surface area contributed by atoms with Crippen molar-refractivity contribution in [1.82, 2.24) is 0 Å². The van der Waals surface area contributed by atoms with Gasteiger partial charge in [-0.15, -0.1) is 0 Å². The van der Waals surface area contributed by atoms with Crippen molar-refractivity contribution in [3.05, 3.63) is 0 Å². The zero-order chi connectivity index (χ0) is 21.4. The number of Topliss-reactive ketones (excluding diaryl/α,β-unsaturated/α-hetero) is 1. The summed E-state index contributed by atoms with van der Waals surface area (Å²) in [4.78, 5) is 47.9. The lowest BCUT2D eigenvalue weighted by atomic mass is 9.97. The lowest BCUT2D eigenvalue weighted by Crippen LogP contribution is -2.36. The first-order valence-electron chi connectivity index (χ1n) is 8.59. The predicted octanol–water partition coefficient (Wildman–Crippen LogP) is 3.64. The standard InChI is InChI=1S/C18H30O7S2/c1-11(2)14(20)23-10-24-16(22)27-18(6,7)13(19)8-12(9-26)15(21)25-17(3,4)5/h11-12,26H,8-10H2,1-7H3/t12-/m0/s1. The third-order valence-electron chi connectivity index (χ3n) is 3.25. The van der Waals surface area contributed by atoms with Gasteiger partial charge in [-0.05, 0) is 46.4 Å². The molecule has 0 aliphatic heterocycles. The average molecular weight is 423 g/mol. The third-order valence-corrected chi connectivity index (χ3v) is 4.71. The number of ketones is 1. The molecule has 9 heteroatoms. The summed E-state index contributed by atoms with van der Waals surface area (Å²) < 4.78 is 13.7. The smallest absolute Gasteiger partial charge is 0.371 e. The summed E-state index contributed by atoms with van der Waals surface area (Å²) in [5, 5.41) is -0.746. The van der Waals surface area contributed by atoms with Gasteiger partial charge in [0.25, 0.3) is 0 Å². The Balaban J connectivity index is 4.66. The summed E-state index contributed by atoms with van der Waals surface area (Å²) in [6.45, 7) is 11.1. The number of thiol groups is 1. The second-order valence-corrected chi connectivity index (χ2v) is 9.71. The predicted molar refractivity (Wildman–Crippen MR) is 107 cm³/mol. The zero-order valence-electron chi connectivity index (χ0n) is 17.0. The van der Waals surface area contributed by atoms with Crippen LogP contribution in [0.5, 0.6) is 0 Å². The summed E-state index contributed by atoms with van der Waals surface area (Å²) in [5.74, 6) is -2.19. The van der Waals surface area contributed by atoms with Crippen LogP contribution in [0, 0.1) is 11.8 Å². The summed E-state index contributed by atoms with van der Waals surface area (Å²) in [6.07, 6.45) is -0.103. The van der Waals surface area contributed by atoms with Gasteiger partial charge in [-0.25, -0.2) is 4.79 Å². The van der Waals surface area contributed by atoms with Crippen LogP contribution in [0.15, 0.2) is 0 Å². The van der Waals surface area contributed by atoms with Crippen molar-refractivity contribution >= 4 is 47.4 Å². The Labute approximate surface area is 170 Å². The molecule has 0 saturated heterocycles. The number of hydrogen-bond acceptors (Lipinski definition) is 9. The minimum atomic E-state index is -1.12. The van der Waals surface area contributed by atoms with E-state index >= 15 is 0 Å². The Morgan fingerprint density at radius 3 is 1.96 bits per heavy atom. The number of carbonyl (C=O) groups excluding carboxylic acids is 4. The van der Waals surface area contributed by atoms with Gasteiger partial charge < -0.3 is 14.2 Å². The fraction of sp³-hybridized carbons (Fsp3) is 0.778. The van der Waals surface area contributed by atoms with E-state index in [9.17, 15) is 19.2 Å². The molecule has 0 unspecified atom stereocenters. The van der Waals surface area contributed by atoms with Crippen LogP contribution in [0.25, 0.3) is 0 Å². The van der Waals surface area contributed by atoms with Crippen molar-refractivity contribution in [2.24, 2.45) is 11.8 Å². The Morgan fingerprint density at radius 2 is 1.52 bits per heavy atom. The second kappa shape index (κ2) is 10.9. The molecule has 7 nitrogen and oxygen atoms in total. The largest absolute Gasteiger partial charge is 0.460 e. The van der Waals surface area contributed by atoms with E-state index in [4.69, 9.17) is 14.2 Å². The highest BCUT2D eigenvalue weighted by atomic mass is 32.2. The maximum absolute atomic E-state index is 12.6. The van der Waals surface area contributed by atoms with E-state index in [1.807, 2.05) is 0 Å². The molecule has 0 rings (SSSR count). The second-order valence-electron chi connectivity index (χ2n) is 7.78. The monoisotopic (exact) mass is 422 g/mol. The van der Waals surface area contributed by atoms with E-state index in [0.29, 0.717) is 11.8 Å². The average Bonchev–Trinajstić information content (AvgIpc) is 2.49. The molecule has 0 heterocycles. The zero-order valence-corrected chi connectivity index (χ0v) is 18.7. The van der Waals surface area contributed by atoms with Crippen LogP contribution < -0.4 is 0 Å². The van der Waals surface area contributed by atoms with E-state index in [1.54, 1.807) is 48.5 Å². The van der Waals surface area contributed by atoms with Crippen LogP contribution in [-0.4, -0.2) is 45.9 Å². The molecule has 0 aromatic carbocycles. The van der Waals surface area contributed by atoms with Gasteiger partial charge in [-0.1, -0.05) is 13.8 Å². The van der Waals surface area contributed by atoms with E-state index in [2.05, 4.69) is 12.6 Å². The Morgan fingerprint density at radius 1 is 0.963 bits per heavy atom. The van der Waals surface area contributed by atoms with Gasteiger partial charge in [0.1, 0.15) is 11.4 Å². The van der Waals surface area contributed by atoms with Crippen LogP contribution in [0.2, 0.25) is 0 Å². The first kappa shape index (κ1) is 25.8. The molecule has 1 atom stereocenters. The third kappa shape index (κ3) is 10.6. The summed E-state index contributed by atoms with van der Waals surface area (Å²) in [6, 6.07) is 0. The topological polar surface area (TPSA) is 96.0 Å². The van der Waals surface area contributed by atoms with E-state index in [0.717, 1.165) is 0 Å². The minimum Gasteiger partial charge on any atom is -0.460 e. The van der Waals surface area contributed by atoms with Gasteiger partial charge in [-0.2, -0.15) is 12.6 Å². The first-order chi connectivity index (χ1) is 12.2. The van der Waals surface area contributed by atoms with E-state index < -0.39 is 40.3 Å². The number of rotatable bonds is 9. The van der Waals surface area contributed by atoms with Crippen LogP contribution >= 0.6 is 24.4 Å². The fourth-order valence-electron chi connectivity index (χ4n) is 1.67. The molecule has 0 amide bonds. The maximum Gasteiger partial charge on any atom is 0.371 e. The molecule has 0 aromatic rings. The summed E-state index contributed by atoms with van der Waals surface area (Å²) in [5.41, 5.74) is -0.664. The molecule has 156 valence electrons. The van der Waals surface area contributed by atoms with Crippen LogP contribution in [0.4, 0.5) is 4.79 Å². The molecular formula is C18H30O7S2. The number of carbonyl (C=O) groups is 4. The first-order valence-corrected chi connectivity index (χ1v) is 10.0. The molecule has 0 spiro atoms. The molecule has 0 N–H and O–H groups in total. The highest BCUT2D eigenvalue weighted by Gasteiger charge is 2.36. The molecule has 0 fully saturated rings. The lowest BCUT2D eigenvalue weighted by Gasteiger charge is -2.26. The molecule has 0 aliphatic carbocycles. The van der Waals surface area contributed by atoms with Gasteiger partial charge in [-0.3, -0.25) is 14.4 Å². The SMILES string of the molecule is CC(C)C(=O)OCOC(=O)SC(C)(C)C(=O)C[C@@H](CS)C(=O)OC(C)(C)C. The van der Waals surface area contributed by atoms with Crippen molar-refractivity contribution in [2.45, 2.75) is 65.2 Å². The van der Waals surface area contributed by atoms with Crippen molar-refractivity contribution < 1.29 is 33.4 Å². The quantitative estimate of drug-likeness (QED) is 0.342. The van der Waals surface area contributed by atoms with Gasteiger partial charge in [0, 0.05) is 12.2 Å². The molecule has 0 radical (unpaired) electrons. The van der Waals surface area contributed by atoms with Crippen molar-refractivity contribution in [2.75, 3.05) is 12.5 Å². The van der Waals surface area contributed by atoms with E-state index in [1.165, 1.54) is 0 Å². The van der Waals surface area contributed by atoms with Crippen molar-refractivity contribution in [3.8, 4) is 0 Å². The molecule has 27 heavy (non-hydrogen) atoms. The summed E-state index contributed by atoms with van der Waals surface area (Å²) >= 11 is 4.79. The van der Waals surface area contributed by atoms with E-state index in [-0.39, 0.29) is 23.9 Å². The highest BCUT2D eigenvalue weighted by molar-refractivity contribution is 8.15. The Bertz CT molecular complexity index is 550. The molecule has 0 aromatic heterocycles. The Kier molecular flexibility index (Phi) is 10.5. The fourth-order valence-corrected chi connectivity index (χ4v) is 2.67. The van der Waals surface area contributed by atoms with Crippen molar-refractivity contribution in [3.63, 3.8) is 0 Å². The molecule has 0 bridgehead atoms. The summed E-state index contributed by atoms with van der Waals surface area (Å²) in [7, 11) is 0. The maximum atomic E-state index is 12.6. The lowest BCUT2D eigenvalue weighted by molar-refractivity contribution is -0.160. The Hall–Kier alpha value is -1.22. The highest BCUT2D eigenvalue weighted by Crippen LogP contribution is 2.30. The van der Waals surface area contributed by atoms with Gasteiger partial charge in [0.05, 0.1) is 16.6 Å². The number of ether oxygens (including phenoxy) is 3. The molecule has 0 aliphatic rings. The van der Waals surface area contributed by atoms with Gasteiger partial charge >= 0.3 is 17.2 Å². The van der Waals surface area contributed by atoms with Gasteiger partial charge in [0.15, 0.2) is 0 Å². The molecule has 0 saturated carbocycles. The number of esters is 2. The van der Waals surface area contributed by atoms with Crippen LogP contribution in [0.3, 0.4) is 0 Å². The van der Waals surface area contributed by atoms with Crippen molar-refractivity contribution in [1.29, 1.82) is 0 Å². The van der Waals surface area contributed by atoms with Crippen LogP contribution in [-0.2, 0) is 28.6 Å². The number of hydrogen-bond donors (Lipinski definition) is 1.